The van der Waals surface area contributed by atoms with Crippen molar-refractivity contribution in [3.8, 4) is 22.4 Å². The third-order valence-electron chi connectivity index (χ3n) is 7.05. The largest absolute Gasteiger partial charge is 0.383 e. The number of hydrogen-bond acceptors (Lipinski definition) is 6. The molecule has 0 bridgehead atoms. The number of amides is 2. The summed E-state index contributed by atoms with van der Waals surface area (Å²) in [5.74, 6) is 0.356. The van der Waals surface area contributed by atoms with Crippen molar-refractivity contribution in [1.29, 1.82) is 0 Å². The van der Waals surface area contributed by atoms with Crippen molar-refractivity contribution in [3.63, 3.8) is 0 Å². The maximum atomic E-state index is 12.4. The number of aryl methyl sites for hydroxylation is 1. The van der Waals surface area contributed by atoms with Crippen LogP contribution in [0, 0.1) is 0 Å². The predicted octanol–water partition coefficient (Wildman–Crippen LogP) is 2.18. The molecule has 2 amide bonds. The number of nitrogens with zero attached hydrogens (tertiary/aromatic N) is 4. The Kier molecular flexibility index (Phi) is 5.76. The van der Waals surface area contributed by atoms with Crippen molar-refractivity contribution >= 4 is 21.9 Å². The fraction of sp³-hybridized carbons (Fsp3) is 0.375. The zero-order valence-electron chi connectivity index (χ0n) is 19.8. The maximum absolute atomic E-state index is 12.4. The zero-order chi connectivity index (χ0) is 24.8. The minimum Gasteiger partial charge on any atom is -0.383 e. The second-order valence-corrected chi connectivity index (χ2v) is 11.0. The van der Waals surface area contributed by atoms with E-state index < -0.39 is 10.0 Å². The van der Waals surface area contributed by atoms with E-state index in [-0.39, 0.29) is 16.3 Å². The summed E-state index contributed by atoms with van der Waals surface area (Å²) in [5, 5.41) is 7.74. The number of carbonyl (C=O) groups excluding carboxylic acids is 1. The van der Waals surface area contributed by atoms with Crippen LogP contribution in [0.1, 0.15) is 25.5 Å². The molecular formula is C24H29N7O3S. The molecule has 3 aromatic rings. The highest BCUT2D eigenvalue weighted by Crippen LogP contribution is 2.44. The normalized spacial score (nSPS) is 19.3. The van der Waals surface area contributed by atoms with Crippen LogP contribution in [-0.2, 0) is 22.0 Å². The fourth-order valence-electron chi connectivity index (χ4n) is 5.10. The van der Waals surface area contributed by atoms with Crippen molar-refractivity contribution in [2.45, 2.75) is 36.6 Å². The van der Waals surface area contributed by atoms with Gasteiger partial charge < -0.3 is 16.0 Å². The standard InChI is InChI=1S/C24H29N7O3S/c1-3-27-23(32)30-10-8-24(15-30)9-11-31-21(24)13-20(29-31)17-12-19(22(25)28-14-17)16-4-6-18(7-5-16)35(33,34)26-2/h4-7,12-14,26H,3,8-11,15H2,1-2H3,(H2,25,28)(H,27,32). The highest BCUT2D eigenvalue weighted by molar-refractivity contribution is 7.89. The smallest absolute Gasteiger partial charge is 0.317 e. The lowest BCUT2D eigenvalue weighted by Gasteiger charge is -2.23. The number of anilines is 1. The summed E-state index contributed by atoms with van der Waals surface area (Å²) >= 11 is 0. The molecule has 0 aliphatic carbocycles. The number of nitrogens with one attached hydrogen (secondary N) is 2. The number of rotatable bonds is 5. The van der Waals surface area contributed by atoms with Crippen LogP contribution in [-0.4, -0.2) is 60.8 Å². The van der Waals surface area contributed by atoms with E-state index in [9.17, 15) is 13.2 Å². The number of carbonyl (C=O) groups is 1. The number of sulfonamides is 1. The summed E-state index contributed by atoms with van der Waals surface area (Å²) in [6.07, 6.45) is 3.60. The Hall–Kier alpha value is -3.44. The van der Waals surface area contributed by atoms with Gasteiger partial charge in [-0.1, -0.05) is 12.1 Å². The van der Waals surface area contributed by atoms with Gasteiger partial charge in [-0.15, -0.1) is 0 Å². The molecule has 1 atom stereocenters. The lowest BCUT2D eigenvalue weighted by Crippen LogP contribution is -2.40. The molecule has 1 aromatic carbocycles. The number of fused-ring (bicyclic) bond motifs is 2. The number of hydrogen-bond donors (Lipinski definition) is 3. The van der Waals surface area contributed by atoms with Crippen molar-refractivity contribution in [2.24, 2.45) is 0 Å². The molecule has 2 aromatic heterocycles. The molecule has 4 heterocycles. The topological polar surface area (TPSA) is 135 Å². The Morgan fingerprint density at radius 2 is 1.89 bits per heavy atom. The lowest BCUT2D eigenvalue weighted by molar-refractivity contribution is 0.206. The van der Waals surface area contributed by atoms with Crippen molar-refractivity contribution in [1.82, 2.24) is 29.7 Å². The van der Waals surface area contributed by atoms with Crippen LogP contribution in [0.15, 0.2) is 47.5 Å². The maximum Gasteiger partial charge on any atom is 0.317 e. The van der Waals surface area contributed by atoms with E-state index in [1.807, 2.05) is 22.6 Å². The summed E-state index contributed by atoms with van der Waals surface area (Å²) in [7, 11) is -2.14. The number of likely N-dealkylation sites (tertiary alicyclic amines) is 1. The van der Waals surface area contributed by atoms with E-state index in [2.05, 4.69) is 21.1 Å². The lowest BCUT2D eigenvalue weighted by atomic mass is 9.82. The molecular weight excluding hydrogens is 466 g/mol. The molecule has 1 saturated heterocycles. The Balaban J connectivity index is 1.44. The average Bonchev–Trinajstić information content (AvgIpc) is 3.57. The molecule has 0 saturated carbocycles. The Bertz CT molecular complexity index is 1380. The highest BCUT2D eigenvalue weighted by Gasteiger charge is 2.46. The van der Waals surface area contributed by atoms with Gasteiger partial charge in [0.1, 0.15) is 5.82 Å². The van der Waals surface area contributed by atoms with E-state index in [1.165, 1.54) is 7.05 Å². The summed E-state index contributed by atoms with van der Waals surface area (Å²) in [5.41, 5.74) is 10.4. The van der Waals surface area contributed by atoms with E-state index in [0.717, 1.165) is 48.4 Å². The van der Waals surface area contributed by atoms with Gasteiger partial charge >= 0.3 is 6.03 Å². The Morgan fingerprint density at radius 3 is 2.60 bits per heavy atom. The third kappa shape index (κ3) is 4.04. The summed E-state index contributed by atoms with van der Waals surface area (Å²) in [6, 6.07) is 10.6. The van der Waals surface area contributed by atoms with Gasteiger partial charge in [-0.3, -0.25) is 4.68 Å². The van der Waals surface area contributed by atoms with Crippen molar-refractivity contribution in [2.75, 3.05) is 32.4 Å². The van der Waals surface area contributed by atoms with Crippen LogP contribution in [0.25, 0.3) is 22.4 Å². The molecule has 1 spiro atoms. The van der Waals surface area contributed by atoms with Gasteiger partial charge in [0.05, 0.1) is 10.6 Å². The van der Waals surface area contributed by atoms with Crippen LogP contribution in [0.2, 0.25) is 0 Å². The molecule has 10 nitrogen and oxygen atoms in total. The van der Waals surface area contributed by atoms with Gasteiger partial charge in [-0.2, -0.15) is 5.10 Å². The zero-order valence-corrected chi connectivity index (χ0v) is 20.6. The van der Waals surface area contributed by atoms with Gasteiger partial charge in [-0.25, -0.2) is 22.9 Å². The third-order valence-corrected chi connectivity index (χ3v) is 8.48. The van der Waals surface area contributed by atoms with Crippen molar-refractivity contribution in [3.05, 3.63) is 48.3 Å². The first-order valence-electron chi connectivity index (χ1n) is 11.7. The van der Waals surface area contributed by atoms with Crippen LogP contribution >= 0.6 is 0 Å². The minimum atomic E-state index is -3.52. The van der Waals surface area contributed by atoms with Gasteiger partial charge in [0.25, 0.3) is 0 Å². The average molecular weight is 496 g/mol. The molecule has 11 heteroatoms. The SMILES string of the molecule is CCNC(=O)N1CCC2(CCn3nc(-c4cnc(N)c(-c5ccc(S(=O)(=O)NC)cc5)c4)cc32)C1. The van der Waals surface area contributed by atoms with Crippen LogP contribution in [0.4, 0.5) is 10.6 Å². The predicted molar refractivity (Wildman–Crippen MR) is 133 cm³/mol. The summed E-state index contributed by atoms with van der Waals surface area (Å²) < 4.78 is 28.4. The van der Waals surface area contributed by atoms with Gasteiger partial charge in [-0.05, 0) is 56.6 Å². The van der Waals surface area contributed by atoms with Crippen molar-refractivity contribution < 1.29 is 13.2 Å². The van der Waals surface area contributed by atoms with Crippen LogP contribution in [0.5, 0.6) is 0 Å². The Labute approximate surface area is 204 Å². The number of pyridine rings is 1. The quantitative estimate of drug-likeness (QED) is 0.497. The molecule has 5 rings (SSSR count). The van der Waals surface area contributed by atoms with Crippen LogP contribution < -0.4 is 15.8 Å². The fourth-order valence-corrected chi connectivity index (χ4v) is 5.83. The first kappa shape index (κ1) is 23.3. The molecule has 2 aliphatic rings. The van der Waals surface area contributed by atoms with E-state index in [4.69, 9.17) is 10.8 Å². The molecule has 4 N–H and O–H groups in total. The van der Waals surface area contributed by atoms with Crippen LogP contribution in [0.3, 0.4) is 0 Å². The molecule has 1 fully saturated rings. The minimum absolute atomic E-state index is 0.0107. The molecule has 35 heavy (non-hydrogen) atoms. The monoisotopic (exact) mass is 495 g/mol. The highest BCUT2D eigenvalue weighted by atomic mass is 32.2. The summed E-state index contributed by atoms with van der Waals surface area (Å²) in [6.45, 7) is 4.78. The Morgan fingerprint density at radius 1 is 1.14 bits per heavy atom. The summed E-state index contributed by atoms with van der Waals surface area (Å²) in [4.78, 5) is 18.8. The molecule has 1 unspecified atom stereocenters. The molecule has 2 aliphatic heterocycles. The first-order chi connectivity index (χ1) is 16.8. The first-order valence-corrected chi connectivity index (χ1v) is 13.2. The number of nitrogen functional groups attached to an aromatic ring is 1. The van der Waals surface area contributed by atoms with Gasteiger partial charge in [0, 0.05) is 54.6 Å². The van der Waals surface area contributed by atoms with E-state index in [1.54, 1.807) is 30.5 Å². The number of aromatic nitrogens is 3. The van der Waals surface area contributed by atoms with Gasteiger partial charge in [0.2, 0.25) is 10.0 Å². The molecule has 184 valence electrons. The van der Waals surface area contributed by atoms with E-state index in [0.29, 0.717) is 24.5 Å². The number of nitrogens with two attached hydrogens (primary N) is 1. The number of benzene rings is 1. The second-order valence-electron chi connectivity index (χ2n) is 9.06. The second kappa shape index (κ2) is 8.65. The molecule has 0 radical (unpaired) electrons. The van der Waals surface area contributed by atoms with Gasteiger partial charge in [0.15, 0.2) is 0 Å². The van der Waals surface area contributed by atoms with E-state index >= 15 is 0 Å². The number of urea groups is 1.